The lowest BCUT2D eigenvalue weighted by molar-refractivity contribution is -0.122. The summed E-state index contributed by atoms with van der Waals surface area (Å²) in [6, 6.07) is 1.76. The van der Waals surface area contributed by atoms with Crippen molar-refractivity contribution in [3.63, 3.8) is 0 Å². The molecule has 0 aliphatic heterocycles. The molecule has 22 heavy (non-hydrogen) atoms. The van der Waals surface area contributed by atoms with Crippen molar-refractivity contribution in [3.8, 4) is 0 Å². The number of imidazole rings is 1. The largest absolute Gasteiger partial charge is 0.389 e. The Bertz CT molecular complexity index is 623. The van der Waals surface area contributed by atoms with E-state index in [1.54, 1.807) is 17.5 Å². The lowest BCUT2D eigenvalue weighted by Gasteiger charge is -2.36. The van der Waals surface area contributed by atoms with Crippen molar-refractivity contribution in [2.75, 3.05) is 0 Å². The normalized spacial score (nSPS) is 25.1. The summed E-state index contributed by atoms with van der Waals surface area (Å²) >= 11 is 1.59. The van der Waals surface area contributed by atoms with Crippen LogP contribution in [-0.4, -0.2) is 32.7 Å². The molecule has 6 heteroatoms. The van der Waals surface area contributed by atoms with Crippen LogP contribution >= 0.6 is 11.3 Å². The number of carbonyl (C=O) groups excluding carboxylic acids is 1. The number of hydrogen-bond acceptors (Lipinski definition) is 4. The van der Waals surface area contributed by atoms with Gasteiger partial charge >= 0.3 is 0 Å². The lowest BCUT2D eigenvalue weighted by atomic mass is 9.87. The summed E-state index contributed by atoms with van der Waals surface area (Å²) in [5.74, 6) is 0.875. The lowest BCUT2D eigenvalue weighted by Crippen LogP contribution is -2.49. The van der Waals surface area contributed by atoms with Crippen LogP contribution in [-0.2, 0) is 11.2 Å². The molecule has 2 heterocycles. The van der Waals surface area contributed by atoms with Crippen LogP contribution in [0.15, 0.2) is 29.2 Å². The Balaban J connectivity index is 1.64. The maximum atomic E-state index is 12.1. The molecule has 0 saturated heterocycles. The molecule has 118 valence electrons. The smallest absolute Gasteiger partial charge is 0.224 e. The van der Waals surface area contributed by atoms with Gasteiger partial charge in [0.2, 0.25) is 5.91 Å². The van der Waals surface area contributed by atoms with Gasteiger partial charge in [-0.25, -0.2) is 4.98 Å². The molecule has 0 aromatic carbocycles. The molecule has 0 unspecified atom stereocenters. The quantitative estimate of drug-likeness (QED) is 0.906. The second-order valence-corrected chi connectivity index (χ2v) is 6.63. The van der Waals surface area contributed by atoms with E-state index in [1.807, 2.05) is 34.5 Å². The van der Waals surface area contributed by atoms with Gasteiger partial charge in [0.25, 0.3) is 0 Å². The molecule has 5 nitrogen and oxygen atoms in total. The van der Waals surface area contributed by atoms with Crippen molar-refractivity contribution >= 4 is 17.2 Å². The molecule has 2 aromatic rings. The molecule has 0 radical (unpaired) electrons. The number of rotatable bonds is 4. The van der Waals surface area contributed by atoms with Crippen LogP contribution in [0.2, 0.25) is 0 Å². The molecule has 0 bridgehead atoms. The van der Waals surface area contributed by atoms with Gasteiger partial charge in [-0.1, -0.05) is 0 Å². The molecule has 1 aliphatic carbocycles. The number of hydrogen-bond donors (Lipinski definition) is 2. The van der Waals surface area contributed by atoms with Crippen molar-refractivity contribution in [2.24, 2.45) is 0 Å². The average Bonchev–Trinajstić information content (AvgIpc) is 3.13. The van der Waals surface area contributed by atoms with Crippen molar-refractivity contribution in [3.05, 3.63) is 40.6 Å². The zero-order valence-corrected chi connectivity index (χ0v) is 13.4. The molecule has 2 aromatic heterocycles. The third-order valence-corrected chi connectivity index (χ3v) is 5.06. The first-order valence-corrected chi connectivity index (χ1v) is 8.57. The Hall–Kier alpha value is -1.66. The molecule has 1 amide bonds. The van der Waals surface area contributed by atoms with Crippen molar-refractivity contribution in [1.82, 2.24) is 14.9 Å². The Labute approximate surface area is 134 Å². The molecular formula is C16H21N3O2S. The maximum absolute atomic E-state index is 12.1. The summed E-state index contributed by atoms with van der Waals surface area (Å²) in [7, 11) is 0. The van der Waals surface area contributed by atoms with E-state index in [0.717, 1.165) is 30.7 Å². The van der Waals surface area contributed by atoms with Crippen LogP contribution in [0, 0.1) is 6.92 Å². The van der Waals surface area contributed by atoms with Crippen LogP contribution < -0.4 is 5.32 Å². The fraction of sp³-hybridized carbons (Fsp3) is 0.500. The van der Waals surface area contributed by atoms with Crippen molar-refractivity contribution < 1.29 is 9.90 Å². The molecule has 1 saturated carbocycles. The first-order valence-electron chi connectivity index (χ1n) is 7.63. The van der Waals surface area contributed by atoms with E-state index in [0.29, 0.717) is 6.42 Å². The molecule has 3 rings (SSSR count). The van der Waals surface area contributed by atoms with E-state index in [2.05, 4.69) is 10.3 Å². The highest BCUT2D eigenvalue weighted by molar-refractivity contribution is 7.07. The summed E-state index contributed by atoms with van der Waals surface area (Å²) < 4.78 is 2.02. The summed E-state index contributed by atoms with van der Waals surface area (Å²) in [5.41, 5.74) is 1.02. The predicted molar refractivity (Wildman–Crippen MR) is 85.8 cm³/mol. The second-order valence-electron chi connectivity index (χ2n) is 5.85. The SMILES string of the molecule is Cc1nccn1[C@@H]1CCC[C@@H](NC(=O)Cc2ccsc2)[C@H]1O. The highest BCUT2D eigenvalue weighted by Gasteiger charge is 2.34. The third-order valence-electron chi connectivity index (χ3n) is 4.33. The molecule has 1 fully saturated rings. The van der Waals surface area contributed by atoms with Crippen LogP contribution in [0.25, 0.3) is 0 Å². The fourth-order valence-corrected chi connectivity index (χ4v) is 3.86. The standard InChI is InChI=1S/C16H21N3O2S/c1-11-17-6-7-19(11)14-4-2-3-13(16(14)21)18-15(20)9-12-5-8-22-10-12/h5-8,10,13-14,16,21H,2-4,9H2,1H3,(H,18,20)/t13-,14-,16-/m1/s1. The van der Waals surface area contributed by atoms with Gasteiger partial charge in [0, 0.05) is 12.4 Å². The molecular weight excluding hydrogens is 298 g/mol. The van der Waals surface area contributed by atoms with E-state index in [9.17, 15) is 9.90 Å². The first-order chi connectivity index (χ1) is 10.6. The van der Waals surface area contributed by atoms with Gasteiger partial charge in [-0.05, 0) is 48.6 Å². The van der Waals surface area contributed by atoms with E-state index in [1.165, 1.54) is 0 Å². The van der Waals surface area contributed by atoms with E-state index in [-0.39, 0.29) is 18.0 Å². The fourth-order valence-electron chi connectivity index (χ4n) is 3.19. The molecule has 3 atom stereocenters. The van der Waals surface area contributed by atoms with Crippen LogP contribution in [0.4, 0.5) is 0 Å². The van der Waals surface area contributed by atoms with Crippen molar-refractivity contribution in [1.29, 1.82) is 0 Å². The Morgan fingerprint density at radius 1 is 1.55 bits per heavy atom. The number of carbonyl (C=O) groups is 1. The summed E-state index contributed by atoms with van der Waals surface area (Å²) in [6.45, 7) is 1.94. The number of aliphatic hydroxyl groups is 1. The number of nitrogens with one attached hydrogen (secondary N) is 1. The van der Waals surface area contributed by atoms with Crippen molar-refractivity contribution in [2.45, 2.75) is 50.8 Å². The summed E-state index contributed by atoms with van der Waals surface area (Å²) in [5, 5.41) is 17.6. The number of aliphatic hydroxyl groups excluding tert-OH is 1. The van der Waals surface area contributed by atoms with E-state index >= 15 is 0 Å². The minimum atomic E-state index is -0.576. The Morgan fingerprint density at radius 3 is 3.09 bits per heavy atom. The number of amides is 1. The van der Waals surface area contributed by atoms with Gasteiger partial charge < -0.3 is 15.0 Å². The van der Waals surface area contributed by atoms with E-state index in [4.69, 9.17) is 0 Å². The summed E-state index contributed by atoms with van der Waals surface area (Å²) in [6.07, 6.45) is 6.17. The minimum Gasteiger partial charge on any atom is -0.389 e. The molecule has 1 aliphatic rings. The number of aromatic nitrogens is 2. The van der Waals surface area contributed by atoms with Crippen LogP contribution in [0.3, 0.4) is 0 Å². The van der Waals surface area contributed by atoms with Gasteiger partial charge in [0.15, 0.2) is 0 Å². The molecule has 0 spiro atoms. The van der Waals surface area contributed by atoms with Gasteiger partial charge in [0.1, 0.15) is 5.82 Å². The van der Waals surface area contributed by atoms with Gasteiger partial charge in [0.05, 0.1) is 24.6 Å². The zero-order valence-electron chi connectivity index (χ0n) is 12.6. The number of thiophene rings is 1. The van der Waals surface area contributed by atoms with E-state index < -0.39 is 6.10 Å². The third kappa shape index (κ3) is 3.23. The van der Waals surface area contributed by atoms with Crippen LogP contribution in [0.1, 0.15) is 36.7 Å². The number of nitrogens with zero attached hydrogens (tertiary/aromatic N) is 2. The van der Waals surface area contributed by atoms with Gasteiger partial charge in [-0.3, -0.25) is 4.79 Å². The summed E-state index contributed by atoms with van der Waals surface area (Å²) in [4.78, 5) is 16.4. The highest BCUT2D eigenvalue weighted by atomic mass is 32.1. The zero-order chi connectivity index (χ0) is 15.5. The Kier molecular flexibility index (Phi) is 4.59. The topological polar surface area (TPSA) is 67.2 Å². The van der Waals surface area contributed by atoms with Gasteiger partial charge in [-0.15, -0.1) is 0 Å². The average molecular weight is 319 g/mol. The monoisotopic (exact) mass is 319 g/mol. The second kappa shape index (κ2) is 6.62. The number of aryl methyl sites for hydroxylation is 1. The van der Waals surface area contributed by atoms with Gasteiger partial charge in [-0.2, -0.15) is 11.3 Å². The maximum Gasteiger partial charge on any atom is 0.224 e. The Morgan fingerprint density at radius 2 is 2.41 bits per heavy atom. The first kappa shape index (κ1) is 15.2. The highest BCUT2D eigenvalue weighted by Crippen LogP contribution is 2.30. The molecule has 2 N–H and O–H groups in total. The predicted octanol–water partition coefficient (Wildman–Crippen LogP) is 2.07. The minimum absolute atomic E-state index is 0.0114. The van der Waals surface area contributed by atoms with Crippen LogP contribution in [0.5, 0.6) is 0 Å².